The largest absolute Gasteiger partial charge is 0.465 e. The molecule has 8 heteroatoms. The number of ether oxygens (including phenoxy) is 2. The molecule has 1 heterocycles. The Labute approximate surface area is 245 Å². The van der Waals surface area contributed by atoms with E-state index >= 15 is 0 Å². The van der Waals surface area contributed by atoms with Gasteiger partial charge in [0.15, 0.2) is 0 Å². The number of anilines is 1. The number of nitrogens with one attached hydrogen (secondary N) is 1. The van der Waals surface area contributed by atoms with Gasteiger partial charge in [-0.05, 0) is 59.2 Å². The molecular formula is C33H32ClN3O4. The number of hydrogen-bond donors (Lipinski definition) is 1. The van der Waals surface area contributed by atoms with E-state index in [1.165, 1.54) is 18.2 Å². The summed E-state index contributed by atoms with van der Waals surface area (Å²) in [4.78, 5) is 29.3. The molecule has 0 bridgehead atoms. The quantitative estimate of drug-likeness (QED) is 0.252. The molecule has 4 aromatic rings. The maximum Gasteiger partial charge on any atom is 0.341 e. The zero-order valence-electron chi connectivity index (χ0n) is 23.1. The van der Waals surface area contributed by atoms with Crippen LogP contribution in [0.5, 0.6) is 11.5 Å². The summed E-state index contributed by atoms with van der Waals surface area (Å²) >= 11 is 6.11. The Hall–Kier alpha value is -4.33. The minimum absolute atomic E-state index is 0.217. The normalized spacial score (nSPS) is 13.5. The van der Waals surface area contributed by atoms with Crippen molar-refractivity contribution in [3.05, 3.63) is 113 Å². The summed E-state index contributed by atoms with van der Waals surface area (Å²) in [6.07, 6.45) is 0. The molecule has 1 fully saturated rings. The predicted molar refractivity (Wildman–Crippen MR) is 162 cm³/mol. The van der Waals surface area contributed by atoms with Gasteiger partial charge >= 0.3 is 5.97 Å². The minimum Gasteiger partial charge on any atom is -0.465 e. The van der Waals surface area contributed by atoms with Gasteiger partial charge < -0.3 is 19.7 Å². The second-order valence-corrected chi connectivity index (χ2v) is 10.2. The molecule has 0 saturated carbocycles. The van der Waals surface area contributed by atoms with Gasteiger partial charge in [-0.15, -0.1) is 0 Å². The van der Waals surface area contributed by atoms with Gasteiger partial charge in [0.25, 0.3) is 5.91 Å². The summed E-state index contributed by atoms with van der Waals surface area (Å²) in [6.45, 7) is 4.28. The lowest BCUT2D eigenvalue weighted by Crippen LogP contribution is -2.46. The van der Waals surface area contributed by atoms with E-state index in [-0.39, 0.29) is 5.91 Å². The van der Waals surface area contributed by atoms with E-state index in [9.17, 15) is 9.59 Å². The highest BCUT2D eigenvalue weighted by molar-refractivity contribution is 6.30. The molecule has 4 aromatic carbocycles. The van der Waals surface area contributed by atoms with E-state index in [1.807, 2.05) is 24.3 Å². The van der Waals surface area contributed by atoms with Crippen LogP contribution in [0.25, 0.3) is 11.1 Å². The first kappa shape index (κ1) is 28.2. The first-order valence-electron chi connectivity index (χ1n) is 13.5. The predicted octanol–water partition coefficient (Wildman–Crippen LogP) is 6.27. The monoisotopic (exact) mass is 569 g/mol. The summed E-state index contributed by atoms with van der Waals surface area (Å²) in [5.41, 5.74) is 5.39. The van der Waals surface area contributed by atoms with Crippen molar-refractivity contribution in [2.24, 2.45) is 0 Å². The lowest BCUT2D eigenvalue weighted by atomic mass is 9.99. The molecule has 1 aliphatic rings. The average molecular weight is 570 g/mol. The second kappa shape index (κ2) is 12.9. The number of halogens is 1. The molecule has 5 rings (SSSR count). The summed E-state index contributed by atoms with van der Waals surface area (Å²) in [6, 6.07) is 28.8. The lowest BCUT2D eigenvalue weighted by molar-refractivity contribution is 0.0597. The van der Waals surface area contributed by atoms with Gasteiger partial charge in [-0.3, -0.25) is 9.69 Å². The fourth-order valence-electron chi connectivity index (χ4n) is 5.02. The SMILES string of the molecule is CNC(=O)c1cccc(Oc2cc(N3CCN(Cc4ccccc4-c4ccc(Cl)cc4)CC3)ccc2C(=O)OC)c1. The number of hydrogen-bond acceptors (Lipinski definition) is 6. The summed E-state index contributed by atoms with van der Waals surface area (Å²) < 4.78 is 11.1. The highest BCUT2D eigenvalue weighted by Gasteiger charge is 2.22. The Bertz CT molecular complexity index is 1530. The first-order chi connectivity index (χ1) is 19.9. The van der Waals surface area contributed by atoms with Crippen molar-refractivity contribution in [3.63, 3.8) is 0 Å². The van der Waals surface area contributed by atoms with Crippen LogP contribution in [0.4, 0.5) is 5.69 Å². The number of piperazine rings is 1. The van der Waals surface area contributed by atoms with Crippen molar-refractivity contribution in [2.45, 2.75) is 6.54 Å². The Kier molecular flexibility index (Phi) is 8.87. The number of esters is 1. The minimum atomic E-state index is -0.488. The van der Waals surface area contributed by atoms with Gasteiger partial charge in [0.1, 0.15) is 17.1 Å². The zero-order chi connectivity index (χ0) is 28.8. The number of amides is 1. The van der Waals surface area contributed by atoms with Crippen LogP contribution in [0.1, 0.15) is 26.3 Å². The van der Waals surface area contributed by atoms with Crippen LogP contribution in [0.15, 0.2) is 91.0 Å². The molecule has 0 unspecified atom stereocenters. The van der Waals surface area contributed by atoms with E-state index in [0.717, 1.165) is 49.0 Å². The number of carbonyl (C=O) groups is 2. The number of rotatable bonds is 8. The third kappa shape index (κ3) is 6.70. The van der Waals surface area contributed by atoms with E-state index in [4.69, 9.17) is 21.1 Å². The number of carbonyl (C=O) groups excluding carboxylic acids is 2. The molecule has 7 nitrogen and oxygen atoms in total. The van der Waals surface area contributed by atoms with Crippen molar-refractivity contribution >= 4 is 29.2 Å². The summed E-state index contributed by atoms with van der Waals surface area (Å²) in [5, 5.41) is 3.34. The molecule has 0 atom stereocenters. The van der Waals surface area contributed by atoms with E-state index in [0.29, 0.717) is 22.6 Å². The Balaban J connectivity index is 1.30. The molecule has 0 aliphatic carbocycles. The molecule has 1 aliphatic heterocycles. The van der Waals surface area contributed by atoms with Gasteiger partial charge in [0.2, 0.25) is 0 Å². The Morgan fingerprint density at radius 1 is 0.878 bits per heavy atom. The van der Waals surface area contributed by atoms with E-state index in [2.05, 4.69) is 51.5 Å². The van der Waals surface area contributed by atoms with Crippen LogP contribution in [-0.2, 0) is 11.3 Å². The smallest absolute Gasteiger partial charge is 0.341 e. The van der Waals surface area contributed by atoms with Crippen molar-refractivity contribution in [2.75, 3.05) is 45.2 Å². The van der Waals surface area contributed by atoms with Gasteiger partial charge in [0, 0.05) is 62.1 Å². The van der Waals surface area contributed by atoms with Crippen molar-refractivity contribution in [3.8, 4) is 22.6 Å². The first-order valence-corrected chi connectivity index (χ1v) is 13.9. The molecule has 1 amide bonds. The number of benzene rings is 4. The van der Waals surface area contributed by atoms with Crippen molar-refractivity contribution in [1.82, 2.24) is 10.2 Å². The molecule has 0 aromatic heterocycles. The average Bonchev–Trinajstić information content (AvgIpc) is 3.01. The van der Waals surface area contributed by atoms with Crippen LogP contribution >= 0.6 is 11.6 Å². The van der Waals surface area contributed by atoms with Crippen molar-refractivity contribution in [1.29, 1.82) is 0 Å². The summed E-state index contributed by atoms with van der Waals surface area (Å²) in [7, 11) is 2.92. The molecule has 210 valence electrons. The highest BCUT2D eigenvalue weighted by Crippen LogP contribution is 2.32. The van der Waals surface area contributed by atoms with Gasteiger partial charge in [-0.1, -0.05) is 54.1 Å². The summed E-state index contributed by atoms with van der Waals surface area (Å²) in [5.74, 6) is 0.129. The molecule has 1 saturated heterocycles. The fourth-order valence-corrected chi connectivity index (χ4v) is 5.14. The zero-order valence-corrected chi connectivity index (χ0v) is 23.9. The van der Waals surface area contributed by atoms with E-state index in [1.54, 1.807) is 37.4 Å². The van der Waals surface area contributed by atoms with Crippen LogP contribution in [0.2, 0.25) is 5.02 Å². The Morgan fingerprint density at radius 3 is 2.37 bits per heavy atom. The third-order valence-electron chi connectivity index (χ3n) is 7.23. The van der Waals surface area contributed by atoms with Crippen molar-refractivity contribution < 1.29 is 19.1 Å². The second-order valence-electron chi connectivity index (χ2n) is 9.81. The molecule has 0 radical (unpaired) electrons. The lowest BCUT2D eigenvalue weighted by Gasteiger charge is -2.36. The maximum atomic E-state index is 12.5. The highest BCUT2D eigenvalue weighted by atomic mass is 35.5. The van der Waals surface area contributed by atoms with Gasteiger partial charge in [-0.2, -0.15) is 0 Å². The fraction of sp³-hybridized carbons (Fsp3) is 0.212. The number of nitrogens with zero attached hydrogens (tertiary/aromatic N) is 2. The van der Waals surface area contributed by atoms with E-state index < -0.39 is 5.97 Å². The van der Waals surface area contributed by atoms with Crippen LogP contribution in [0.3, 0.4) is 0 Å². The Morgan fingerprint density at radius 2 is 1.63 bits per heavy atom. The third-order valence-corrected chi connectivity index (χ3v) is 7.48. The molecule has 0 spiro atoms. The molecular weight excluding hydrogens is 538 g/mol. The van der Waals surface area contributed by atoms with Crippen LogP contribution in [0, 0.1) is 0 Å². The standard InChI is InChI=1S/C33H32ClN3O4/c1-35-32(38)24-7-5-8-28(20-24)41-31-21-27(14-15-30(31)33(39)40-2)37-18-16-36(17-19-37)22-25-6-3-4-9-29(25)23-10-12-26(34)13-11-23/h3-15,20-21H,16-19,22H2,1-2H3,(H,35,38). The number of methoxy groups -OCH3 is 1. The topological polar surface area (TPSA) is 71.1 Å². The van der Waals surface area contributed by atoms with Crippen LogP contribution < -0.4 is 15.0 Å². The van der Waals surface area contributed by atoms with Crippen LogP contribution in [-0.4, -0.2) is 57.1 Å². The maximum absolute atomic E-state index is 12.5. The van der Waals surface area contributed by atoms with Gasteiger partial charge in [-0.25, -0.2) is 4.79 Å². The van der Waals surface area contributed by atoms with Gasteiger partial charge in [0.05, 0.1) is 7.11 Å². The molecule has 1 N–H and O–H groups in total. The molecule has 41 heavy (non-hydrogen) atoms.